The van der Waals surface area contributed by atoms with E-state index in [4.69, 9.17) is 10.5 Å². The molecule has 0 bridgehead atoms. The molecule has 2 aliphatic rings. The van der Waals surface area contributed by atoms with Crippen molar-refractivity contribution in [3.63, 3.8) is 0 Å². The summed E-state index contributed by atoms with van der Waals surface area (Å²) in [5, 5.41) is 0. The molecule has 3 aromatic heterocycles. The van der Waals surface area contributed by atoms with Gasteiger partial charge in [0, 0.05) is 54.5 Å². The van der Waals surface area contributed by atoms with Crippen LogP contribution in [0.4, 0.5) is 22.0 Å². The van der Waals surface area contributed by atoms with E-state index in [1.54, 1.807) is 23.1 Å². The lowest BCUT2D eigenvalue weighted by atomic mass is 9.95. The Kier molecular flexibility index (Phi) is 6.79. The van der Waals surface area contributed by atoms with E-state index in [0.29, 0.717) is 30.2 Å². The molecule has 1 aliphatic heterocycles. The Morgan fingerprint density at radius 2 is 1.71 bits per heavy atom. The lowest BCUT2D eigenvalue weighted by molar-refractivity contribution is -0.0492. The van der Waals surface area contributed by atoms with E-state index in [1.807, 2.05) is 19.9 Å². The largest absolute Gasteiger partial charge is 0.474 e. The fraction of sp³-hybridized carbons (Fsp3) is 0.345. The smallest absolute Gasteiger partial charge is 0.387 e. The molecule has 3 atom stereocenters. The monoisotopic (exact) mass is 587 g/mol. The Morgan fingerprint density at radius 1 is 1.02 bits per heavy atom. The second-order valence-corrected chi connectivity index (χ2v) is 11.1. The van der Waals surface area contributed by atoms with Crippen LogP contribution in [0, 0.1) is 17.7 Å². The van der Waals surface area contributed by atoms with Gasteiger partial charge in [0.15, 0.2) is 11.4 Å². The molecule has 6 rings (SSSR count). The van der Waals surface area contributed by atoms with Crippen LogP contribution >= 0.6 is 0 Å². The number of nitrogens with zero attached hydrogens (tertiary/aromatic N) is 4. The highest BCUT2D eigenvalue weighted by atomic mass is 19.3. The number of nitrogens with two attached hydrogens (primary N) is 1. The van der Waals surface area contributed by atoms with Gasteiger partial charge in [-0.2, -0.15) is 8.78 Å². The summed E-state index contributed by atoms with van der Waals surface area (Å²) < 4.78 is 77.6. The molecular formula is C29H26F5N5O3. The zero-order valence-electron chi connectivity index (χ0n) is 22.5. The number of likely N-dealkylation sites (tertiary alicyclic amines) is 1. The lowest BCUT2D eigenvalue weighted by Gasteiger charge is -2.23. The average Bonchev–Trinajstić information content (AvgIpc) is 3.26. The van der Waals surface area contributed by atoms with Crippen LogP contribution in [0.3, 0.4) is 0 Å². The Morgan fingerprint density at radius 3 is 2.33 bits per heavy atom. The van der Waals surface area contributed by atoms with Gasteiger partial charge in [-0.3, -0.25) is 4.79 Å². The number of pyridine rings is 2. The standard InChI is InChI=1S/C29H26F5N5O3/c1-29(2,35)16-8-20(14-3-5-17(30)6-4-14)36-23(9-16)42-24-18-11-39(12-19(18)24)27(40)15-7-22(41-28(33)34)26-37-21(25(31)32)13-38(26)10-15/h3-10,13,18-19,24-25,28H,11-12,35H2,1-2H3/t18-,19+,24?. The molecule has 1 unspecified atom stereocenters. The number of piperidine rings is 1. The summed E-state index contributed by atoms with van der Waals surface area (Å²) >= 11 is 0. The van der Waals surface area contributed by atoms with Crippen molar-refractivity contribution in [3.05, 3.63) is 77.5 Å². The van der Waals surface area contributed by atoms with Gasteiger partial charge in [-0.15, -0.1) is 0 Å². The summed E-state index contributed by atoms with van der Waals surface area (Å²) in [4.78, 5) is 23.1. The van der Waals surface area contributed by atoms with Crippen molar-refractivity contribution in [2.24, 2.45) is 17.6 Å². The third-order valence-corrected chi connectivity index (χ3v) is 7.57. The summed E-state index contributed by atoms with van der Waals surface area (Å²) in [6, 6.07) is 10.6. The van der Waals surface area contributed by atoms with Gasteiger partial charge in [0.2, 0.25) is 5.88 Å². The predicted molar refractivity (Wildman–Crippen MR) is 141 cm³/mol. The maximum absolute atomic E-state index is 13.5. The first-order valence-electron chi connectivity index (χ1n) is 13.2. The SMILES string of the molecule is CC(C)(N)c1cc(OC2[C@H]3CN(C(=O)c4cc(OC(F)F)c5nc(C(F)F)cn5c4)C[C@@H]23)nc(-c2ccc(F)cc2)c1. The predicted octanol–water partition coefficient (Wildman–Crippen LogP) is 5.42. The van der Waals surface area contributed by atoms with Gasteiger partial charge < -0.3 is 24.5 Å². The molecule has 1 saturated carbocycles. The third-order valence-electron chi connectivity index (χ3n) is 7.57. The number of carbonyl (C=O) groups is 1. The minimum absolute atomic E-state index is 0.00128. The summed E-state index contributed by atoms with van der Waals surface area (Å²) in [7, 11) is 0. The van der Waals surface area contributed by atoms with Gasteiger partial charge >= 0.3 is 6.61 Å². The van der Waals surface area contributed by atoms with Gasteiger partial charge in [0.05, 0.1) is 11.3 Å². The number of hydrogen-bond donors (Lipinski definition) is 1. The molecule has 0 radical (unpaired) electrons. The summed E-state index contributed by atoms with van der Waals surface area (Å²) in [6.07, 6.45) is -0.886. The maximum atomic E-state index is 13.5. The topological polar surface area (TPSA) is 95.0 Å². The molecular weight excluding hydrogens is 561 g/mol. The number of fused-ring (bicyclic) bond motifs is 2. The van der Waals surface area contributed by atoms with Crippen LogP contribution in [0.2, 0.25) is 0 Å². The van der Waals surface area contributed by atoms with Crippen LogP contribution in [0.25, 0.3) is 16.9 Å². The molecule has 1 aliphatic carbocycles. The second-order valence-electron chi connectivity index (χ2n) is 11.1. The molecule has 1 saturated heterocycles. The molecule has 1 amide bonds. The van der Waals surface area contributed by atoms with Crippen molar-refractivity contribution < 1.29 is 36.2 Å². The summed E-state index contributed by atoms with van der Waals surface area (Å²) in [5.41, 5.74) is 6.84. The maximum Gasteiger partial charge on any atom is 0.387 e. The van der Waals surface area contributed by atoms with Gasteiger partial charge in [-0.05, 0) is 55.8 Å². The van der Waals surface area contributed by atoms with Crippen molar-refractivity contribution in [2.75, 3.05) is 13.1 Å². The van der Waals surface area contributed by atoms with Crippen molar-refractivity contribution >= 4 is 11.6 Å². The molecule has 8 nitrogen and oxygen atoms in total. The number of imidazole rings is 1. The number of amides is 1. The van der Waals surface area contributed by atoms with E-state index in [0.717, 1.165) is 22.2 Å². The van der Waals surface area contributed by atoms with Crippen LogP contribution in [0.1, 0.15) is 41.9 Å². The zero-order valence-corrected chi connectivity index (χ0v) is 22.5. The van der Waals surface area contributed by atoms with Crippen LogP contribution in [0.15, 0.2) is 54.9 Å². The van der Waals surface area contributed by atoms with Crippen LogP contribution in [0.5, 0.6) is 11.6 Å². The highest BCUT2D eigenvalue weighted by molar-refractivity contribution is 5.95. The van der Waals surface area contributed by atoms with Crippen molar-refractivity contribution in [1.29, 1.82) is 0 Å². The first-order valence-corrected chi connectivity index (χ1v) is 13.2. The molecule has 2 fully saturated rings. The Bertz CT molecular complexity index is 1640. The molecule has 220 valence electrons. The quantitative estimate of drug-likeness (QED) is 0.277. The number of halogens is 5. The van der Waals surface area contributed by atoms with E-state index >= 15 is 0 Å². The molecule has 4 heterocycles. The second kappa shape index (κ2) is 10.2. The fourth-order valence-corrected chi connectivity index (χ4v) is 5.33. The molecule has 42 heavy (non-hydrogen) atoms. The van der Waals surface area contributed by atoms with Gasteiger partial charge in [-0.1, -0.05) is 0 Å². The number of carbonyl (C=O) groups excluding carboxylic acids is 1. The van der Waals surface area contributed by atoms with Crippen LogP contribution < -0.4 is 15.2 Å². The molecule has 0 spiro atoms. The van der Waals surface area contributed by atoms with E-state index in [-0.39, 0.29) is 35.0 Å². The number of ether oxygens (including phenoxy) is 2. The first kappa shape index (κ1) is 27.9. The summed E-state index contributed by atoms with van der Waals surface area (Å²) in [5.74, 6) is -0.915. The van der Waals surface area contributed by atoms with Gasteiger partial charge in [-0.25, -0.2) is 23.1 Å². The molecule has 4 aromatic rings. The Balaban J connectivity index is 1.18. The van der Waals surface area contributed by atoms with Gasteiger partial charge in [0.25, 0.3) is 12.3 Å². The first-order chi connectivity index (χ1) is 19.9. The number of rotatable bonds is 8. The van der Waals surface area contributed by atoms with Crippen LogP contribution in [-0.4, -0.2) is 51.0 Å². The van der Waals surface area contributed by atoms with E-state index < -0.39 is 35.9 Å². The van der Waals surface area contributed by atoms with E-state index in [9.17, 15) is 26.7 Å². The van der Waals surface area contributed by atoms with Crippen molar-refractivity contribution in [2.45, 2.75) is 38.5 Å². The molecule has 13 heteroatoms. The normalized spacial score (nSPS) is 20.0. The Labute approximate surface area is 236 Å². The Hall–Kier alpha value is -4.26. The third kappa shape index (κ3) is 5.36. The van der Waals surface area contributed by atoms with Crippen molar-refractivity contribution in [3.8, 4) is 22.9 Å². The number of benzene rings is 1. The zero-order chi connectivity index (χ0) is 29.9. The highest BCUT2D eigenvalue weighted by Crippen LogP contribution is 2.48. The number of hydrogen-bond acceptors (Lipinski definition) is 6. The highest BCUT2D eigenvalue weighted by Gasteiger charge is 2.59. The summed E-state index contributed by atoms with van der Waals surface area (Å²) in [6.45, 7) is 1.16. The van der Waals surface area contributed by atoms with Gasteiger partial charge in [0.1, 0.15) is 17.6 Å². The minimum atomic E-state index is -3.23. The van der Waals surface area contributed by atoms with Crippen LogP contribution in [-0.2, 0) is 5.54 Å². The minimum Gasteiger partial charge on any atom is -0.474 e. The number of alkyl halides is 4. The van der Waals surface area contributed by atoms with Crippen molar-refractivity contribution in [1.82, 2.24) is 19.3 Å². The lowest BCUT2D eigenvalue weighted by Crippen LogP contribution is -2.33. The molecule has 1 aromatic carbocycles. The van der Waals surface area contributed by atoms with E-state index in [1.165, 1.54) is 18.3 Å². The molecule has 2 N–H and O–H groups in total. The van der Waals surface area contributed by atoms with E-state index in [2.05, 4.69) is 14.7 Å². The number of aromatic nitrogens is 3. The fourth-order valence-electron chi connectivity index (χ4n) is 5.33. The average molecular weight is 588 g/mol.